The van der Waals surface area contributed by atoms with Gasteiger partial charge in [-0.2, -0.15) is 0 Å². The fourth-order valence-corrected chi connectivity index (χ4v) is 1.67. The summed E-state index contributed by atoms with van der Waals surface area (Å²) in [4.78, 5) is 0. The Morgan fingerprint density at radius 1 is 1.44 bits per heavy atom. The summed E-state index contributed by atoms with van der Waals surface area (Å²) < 4.78 is 13.5. The summed E-state index contributed by atoms with van der Waals surface area (Å²) >= 11 is 5.92. The van der Waals surface area contributed by atoms with E-state index in [1.54, 1.807) is 12.1 Å². The molecule has 0 amide bonds. The summed E-state index contributed by atoms with van der Waals surface area (Å²) in [5.74, 6) is -0.349. The third-order valence-corrected chi connectivity index (χ3v) is 3.63. The van der Waals surface area contributed by atoms with Gasteiger partial charge < -0.3 is 5.11 Å². The molecule has 1 unspecified atom stereocenters. The first kappa shape index (κ1) is 13.5. The predicted octanol–water partition coefficient (Wildman–Crippen LogP) is 3.82. The maximum Gasteiger partial charge on any atom is 0.127 e. The lowest BCUT2D eigenvalue weighted by atomic mass is 9.81. The van der Waals surface area contributed by atoms with Gasteiger partial charge in [-0.1, -0.05) is 38.4 Å². The Morgan fingerprint density at radius 2 is 2.06 bits per heavy atom. The van der Waals surface area contributed by atoms with Crippen LogP contribution < -0.4 is 0 Å². The minimum atomic E-state index is -0.591. The van der Waals surface area contributed by atoms with Crippen LogP contribution in [-0.4, -0.2) is 11.2 Å². The number of rotatable bonds is 4. The van der Waals surface area contributed by atoms with Crippen molar-refractivity contribution in [2.24, 2.45) is 5.41 Å². The van der Waals surface area contributed by atoms with Gasteiger partial charge in [0.15, 0.2) is 0 Å². The highest BCUT2D eigenvalue weighted by Gasteiger charge is 2.27. The van der Waals surface area contributed by atoms with Crippen molar-refractivity contribution in [1.29, 1.82) is 0 Å². The van der Waals surface area contributed by atoms with Gasteiger partial charge in [0.1, 0.15) is 5.82 Å². The quantitative estimate of drug-likeness (QED) is 0.854. The van der Waals surface area contributed by atoms with Crippen molar-refractivity contribution in [3.05, 3.63) is 34.6 Å². The Labute approximate surface area is 101 Å². The van der Waals surface area contributed by atoms with Crippen LogP contribution in [0.15, 0.2) is 18.2 Å². The molecular weight excluding hydrogens is 227 g/mol. The number of benzene rings is 1. The summed E-state index contributed by atoms with van der Waals surface area (Å²) in [5, 5.41) is 10.4. The molecule has 0 aromatic heterocycles. The molecule has 3 heteroatoms. The summed E-state index contributed by atoms with van der Waals surface area (Å²) in [6, 6.07) is 4.58. The second-order valence-electron chi connectivity index (χ2n) is 4.76. The predicted molar refractivity (Wildman–Crippen MR) is 65.2 cm³/mol. The first-order valence-electron chi connectivity index (χ1n) is 5.49. The highest BCUT2D eigenvalue weighted by Crippen LogP contribution is 2.30. The normalized spacial score (nSPS) is 13.9. The van der Waals surface area contributed by atoms with Crippen LogP contribution in [0.4, 0.5) is 4.39 Å². The largest absolute Gasteiger partial charge is 0.392 e. The Balaban J connectivity index is 2.89. The molecule has 1 atom stereocenters. The monoisotopic (exact) mass is 244 g/mol. The smallest absolute Gasteiger partial charge is 0.127 e. The van der Waals surface area contributed by atoms with Gasteiger partial charge in [-0.3, -0.25) is 0 Å². The molecular formula is C13H18ClFO. The topological polar surface area (TPSA) is 20.2 Å². The minimum absolute atomic E-state index is 0.231. The average Bonchev–Trinajstić information content (AvgIpc) is 2.23. The van der Waals surface area contributed by atoms with Crippen molar-refractivity contribution < 1.29 is 9.50 Å². The van der Waals surface area contributed by atoms with Crippen LogP contribution in [0.25, 0.3) is 0 Å². The lowest BCUT2D eigenvalue weighted by Gasteiger charge is -2.29. The van der Waals surface area contributed by atoms with E-state index in [1.807, 2.05) is 20.8 Å². The Hall–Kier alpha value is -0.600. The number of aliphatic hydroxyl groups is 1. The minimum Gasteiger partial charge on any atom is -0.392 e. The van der Waals surface area contributed by atoms with E-state index in [1.165, 1.54) is 6.07 Å². The second-order valence-corrected chi connectivity index (χ2v) is 5.17. The van der Waals surface area contributed by atoms with Crippen molar-refractivity contribution in [3.8, 4) is 0 Å². The molecule has 0 aliphatic heterocycles. The lowest BCUT2D eigenvalue weighted by molar-refractivity contribution is 0.0473. The molecule has 1 aromatic carbocycles. The van der Waals surface area contributed by atoms with E-state index in [9.17, 15) is 9.50 Å². The molecule has 1 aromatic rings. The molecule has 0 aliphatic rings. The van der Waals surface area contributed by atoms with Crippen molar-refractivity contribution in [3.63, 3.8) is 0 Å². The fourth-order valence-electron chi connectivity index (χ4n) is 1.43. The van der Waals surface area contributed by atoms with Gasteiger partial charge >= 0.3 is 0 Å². The summed E-state index contributed by atoms with van der Waals surface area (Å²) in [6.07, 6.45) is 0.499. The average molecular weight is 245 g/mol. The van der Waals surface area contributed by atoms with Crippen molar-refractivity contribution in [2.45, 2.75) is 39.7 Å². The van der Waals surface area contributed by atoms with Gasteiger partial charge in [-0.25, -0.2) is 4.39 Å². The van der Waals surface area contributed by atoms with Gasteiger partial charge in [-0.15, -0.1) is 0 Å². The molecule has 90 valence electrons. The van der Waals surface area contributed by atoms with Gasteiger partial charge in [0.05, 0.1) is 6.10 Å². The molecule has 1 N–H and O–H groups in total. The number of aliphatic hydroxyl groups excluding tert-OH is 1. The number of hydrogen-bond donors (Lipinski definition) is 1. The van der Waals surface area contributed by atoms with E-state index in [4.69, 9.17) is 11.6 Å². The summed E-state index contributed by atoms with van der Waals surface area (Å²) in [7, 11) is 0. The molecule has 0 saturated carbocycles. The Kier molecular flexibility index (Phi) is 4.34. The van der Waals surface area contributed by atoms with Crippen LogP contribution in [0.1, 0.15) is 32.8 Å². The molecule has 0 radical (unpaired) electrons. The van der Waals surface area contributed by atoms with Gasteiger partial charge in [0.2, 0.25) is 0 Å². The maximum absolute atomic E-state index is 13.5. The van der Waals surface area contributed by atoms with Gasteiger partial charge in [0, 0.05) is 17.0 Å². The molecule has 0 spiro atoms. The van der Waals surface area contributed by atoms with Gasteiger partial charge in [0.25, 0.3) is 0 Å². The van der Waals surface area contributed by atoms with E-state index in [0.717, 1.165) is 6.42 Å². The van der Waals surface area contributed by atoms with Crippen LogP contribution in [0.3, 0.4) is 0 Å². The van der Waals surface area contributed by atoms with Crippen LogP contribution in [0.2, 0.25) is 5.02 Å². The third-order valence-electron chi connectivity index (χ3n) is 3.27. The van der Waals surface area contributed by atoms with Crippen LogP contribution in [0.5, 0.6) is 0 Å². The van der Waals surface area contributed by atoms with Crippen molar-refractivity contribution >= 4 is 11.6 Å². The molecule has 0 aliphatic carbocycles. The van der Waals surface area contributed by atoms with E-state index in [0.29, 0.717) is 10.6 Å². The zero-order valence-electron chi connectivity index (χ0n) is 9.93. The first-order chi connectivity index (χ1) is 7.38. The molecule has 0 heterocycles. The lowest BCUT2D eigenvalue weighted by Crippen LogP contribution is -2.30. The molecule has 1 nitrogen and oxygen atoms in total. The highest BCUT2D eigenvalue weighted by molar-refractivity contribution is 6.31. The second kappa shape index (κ2) is 5.15. The Morgan fingerprint density at radius 3 is 2.56 bits per heavy atom. The summed E-state index contributed by atoms with van der Waals surface area (Å²) in [5.41, 5.74) is 0.171. The molecule has 1 rings (SSSR count). The molecule has 0 saturated heterocycles. The van der Waals surface area contributed by atoms with Crippen molar-refractivity contribution in [2.75, 3.05) is 0 Å². The van der Waals surface area contributed by atoms with E-state index in [-0.39, 0.29) is 17.7 Å². The SMILES string of the molecule is CCC(C)(C)C(O)Cc1c(F)cccc1Cl. The van der Waals surface area contributed by atoms with E-state index in [2.05, 4.69) is 0 Å². The van der Waals surface area contributed by atoms with Gasteiger partial charge in [-0.05, 0) is 24.0 Å². The highest BCUT2D eigenvalue weighted by atomic mass is 35.5. The van der Waals surface area contributed by atoms with E-state index < -0.39 is 6.10 Å². The van der Waals surface area contributed by atoms with Crippen molar-refractivity contribution in [1.82, 2.24) is 0 Å². The summed E-state index contributed by atoms with van der Waals surface area (Å²) in [6.45, 7) is 5.94. The maximum atomic E-state index is 13.5. The van der Waals surface area contributed by atoms with Crippen LogP contribution in [-0.2, 0) is 6.42 Å². The molecule has 16 heavy (non-hydrogen) atoms. The van der Waals surface area contributed by atoms with Crippen LogP contribution in [0, 0.1) is 11.2 Å². The first-order valence-corrected chi connectivity index (χ1v) is 5.87. The fraction of sp³-hybridized carbons (Fsp3) is 0.538. The Bertz CT molecular complexity index is 343. The molecule has 0 fully saturated rings. The zero-order valence-corrected chi connectivity index (χ0v) is 10.7. The zero-order chi connectivity index (χ0) is 12.3. The van der Waals surface area contributed by atoms with Crippen LogP contribution >= 0.6 is 11.6 Å². The van der Waals surface area contributed by atoms with E-state index >= 15 is 0 Å². The number of hydrogen-bond acceptors (Lipinski definition) is 1. The third kappa shape index (κ3) is 2.96. The molecule has 0 bridgehead atoms. The standard InChI is InChI=1S/C13H18ClFO/c1-4-13(2,3)12(16)8-9-10(14)6-5-7-11(9)15/h5-7,12,16H,4,8H2,1-3H3. The number of halogens is 2.